The van der Waals surface area contributed by atoms with E-state index in [0.29, 0.717) is 6.54 Å². The Morgan fingerprint density at radius 2 is 2.55 bits per heavy atom. The molecule has 1 heterocycles. The van der Waals surface area contributed by atoms with Crippen LogP contribution in [0.2, 0.25) is 0 Å². The number of aliphatic hydroxyl groups is 1. The molecule has 0 aromatic carbocycles. The molecule has 62 valence electrons. The third-order valence-electron chi connectivity index (χ3n) is 2.17. The van der Waals surface area contributed by atoms with Crippen molar-refractivity contribution in [1.29, 1.82) is 5.26 Å². The highest BCUT2D eigenvalue weighted by Gasteiger charge is 2.25. The fraction of sp³-hybridized carbons (Fsp3) is 0.875. The molecule has 0 aliphatic carbocycles. The zero-order valence-electron chi connectivity index (χ0n) is 6.82. The van der Waals surface area contributed by atoms with Gasteiger partial charge >= 0.3 is 0 Å². The average molecular weight is 154 g/mol. The molecule has 1 fully saturated rings. The smallest absolute Gasteiger partial charge is 0.0976 e. The number of nitriles is 1. The van der Waals surface area contributed by atoms with Crippen molar-refractivity contribution in [1.82, 2.24) is 4.90 Å². The quantitative estimate of drug-likeness (QED) is 0.624. The van der Waals surface area contributed by atoms with E-state index < -0.39 is 0 Å². The summed E-state index contributed by atoms with van der Waals surface area (Å²) >= 11 is 0. The van der Waals surface area contributed by atoms with Crippen LogP contribution in [0, 0.1) is 11.3 Å². The number of likely N-dealkylation sites (tertiary alicyclic amines) is 1. The summed E-state index contributed by atoms with van der Waals surface area (Å²) in [5.41, 5.74) is 0. The zero-order valence-corrected chi connectivity index (χ0v) is 6.82. The van der Waals surface area contributed by atoms with Crippen LogP contribution in [0.1, 0.15) is 19.8 Å². The van der Waals surface area contributed by atoms with E-state index in [9.17, 15) is 5.11 Å². The second kappa shape index (κ2) is 3.70. The molecule has 0 aromatic heterocycles. The van der Waals surface area contributed by atoms with Crippen molar-refractivity contribution >= 4 is 0 Å². The molecule has 0 radical (unpaired) electrons. The maximum Gasteiger partial charge on any atom is 0.0976 e. The fourth-order valence-corrected chi connectivity index (χ4v) is 1.48. The highest BCUT2D eigenvalue weighted by molar-refractivity contribution is 4.93. The normalized spacial score (nSPS) is 28.3. The Morgan fingerprint density at radius 3 is 2.91 bits per heavy atom. The van der Waals surface area contributed by atoms with Gasteiger partial charge in [0, 0.05) is 13.1 Å². The van der Waals surface area contributed by atoms with E-state index in [2.05, 4.69) is 6.07 Å². The predicted molar refractivity (Wildman–Crippen MR) is 41.9 cm³/mol. The second-order valence-electron chi connectivity index (χ2n) is 2.99. The molecule has 0 aromatic rings. The SMILES string of the molecule is CCC(C#N)N1CC[C@@H](O)C1. The third kappa shape index (κ3) is 1.92. The van der Waals surface area contributed by atoms with E-state index in [-0.39, 0.29) is 12.1 Å². The van der Waals surface area contributed by atoms with E-state index in [0.717, 1.165) is 19.4 Å². The summed E-state index contributed by atoms with van der Waals surface area (Å²) in [6.07, 6.45) is 1.46. The Hall–Kier alpha value is -0.590. The van der Waals surface area contributed by atoms with Crippen molar-refractivity contribution in [3.8, 4) is 6.07 Å². The number of hydrogen-bond acceptors (Lipinski definition) is 3. The summed E-state index contributed by atoms with van der Waals surface area (Å²) in [5.74, 6) is 0. The van der Waals surface area contributed by atoms with Gasteiger partial charge in [-0.15, -0.1) is 0 Å². The van der Waals surface area contributed by atoms with Crippen LogP contribution in [0.15, 0.2) is 0 Å². The number of rotatable bonds is 2. The minimum Gasteiger partial charge on any atom is -0.392 e. The van der Waals surface area contributed by atoms with Crippen LogP contribution in [0.4, 0.5) is 0 Å². The Labute approximate surface area is 67.2 Å². The van der Waals surface area contributed by atoms with E-state index in [1.165, 1.54) is 0 Å². The van der Waals surface area contributed by atoms with Crippen LogP contribution < -0.4 is 0 Å². The van der Waals surface area contributed by atoms with E-state index >= 15 is 0 Å². The summed E-state index contributed by atoms with van der Waals surface area (Å²) in [6.45, 7) is 3.54. The molecule has 0 saturated carbocycles. The zero-order chi connectivity index (χ0) is 8.27. The van der Waals surface area contributed by atoms with Gasteiger partial charge < -0.3 is 5.11 Å². The monoisotopic (exact) mass is 154 g/mol. The maximum atomic E-state index is 9.19. The van der Waals surface area contributed by atoms with Gasteiger partial charge in [-0.05, 0) is 12.8 Å². The van der Waals surface area contributed by atoms with Crippen molar-refractivity contribution in [2.75, 3.05) is 13.1 Å². The lowest BCUT2D eigenvalue weighted by Crippen LogP contribution is -2.32. The molecule has 3 nitrogen and oxygen atoms in total. The van der Waals surface area contributed by atoms with Crippen molar-refractivity contribution in [3.05, 3.63) is 0 Å². The number of hydrogen-bond donors (Lipinski definition) is 1. The molecule has 0 bridgehead atoms. The lowest BCUT2D eigenvalue weighted by Gasteiger charge is -2.19. The molecule has 1 rings (SSSR count). The molecule has 0 spiro atoms. The van der Waals surface area contributed by atoms with Crippen LogP contribution in [-0.4, -0.2) is 35.2 Å². The molecule has 1 N–H and O–H groups in total. The molecule has 11 heavy (non-hydrogen) atoms. The summed E-state index contributed by atoms with van der Waals surface area (Å²) in [4.78, 5) is 2.05. The van der Waals surface area contributed by atoms with Gasteiger partial charge in [-0.1, -0.05) is 6.92 Å². The van der Waals surface area contributed by atoms with Crippen LogP contribution in [0.5, 0.6) is 0 Å². The minimum absolute atomic E-state index is 0.00662. The first-order valence-electron chi connectivity index (χ1n) is 4.09. The summed E-state index contributed by atoms with van der Waals surface area (Å²) in [7, 11) is 0. The Bertz CT molecular complexity index is 164. The van der Waals surface area contributed by atoms with Crippen molar-refractivity contribution in [3.63, 3.8) is 0 Å². The highest BCUT2D eigenvalue weighted by atomic mass is 16.3. The molecule has 0 amide bonds. The van der Waals surface area contributed by atoms with Gasteiger partial charge in [-0.25, -0.2) is 0 Å². The Morgan fingerprint density at radius 1 is 1.82 bits per heavy atom. The lowest BCUT2D eigenvalue weighted by atomic mass is 10.2. The molecule has 1 aliphatic heterocycles. The molecular formula is C8H14N2O. The lowest BCUT2D eigenvalue weighted by molar-refractivity contribution is 0.168. The van der Waals surface area contributed by atoms with E-state index in [1.54, 1.807) is 0 Å². The average Bonchev–Trinajstić information content (AvgIpc) is 2.39. The van der Waals surface area contributed by atoms with Gasteiger partial charge in [0.2, 0.25) is 0 Å². The van der Waals surface area contributed by atoms with Gasteiger partial charge in [-0.2, -0.15) is 5.26 Å². The number of nitrogens with zero attached hydrogens (tertiary/aromatic N) is 2. The van der Waals surface area contributed by atoms with Gasteiger partial charge in [0.05, 0.1) is 18.2 Å². The molecule has 1 unspecified atom stereocenters. The summed E-state index contributed by atoms with van der Waals surface area (Å²) < 4.78 is 0. The largest absolute Gasteiger partial charge is 0.392 e. The summed E-state index contributed by atoms with van der Waals surface area (Å²) in [5, 5.41) is 17.9. The molecule has 3 heteroatoms. The Balaban J connectivity index is 2.42. The van der Waals surface area contributed by atoms with Crippen molar-refractivity contribution < 1.29 is 5.11 Å². The first-order valence-corrected chi connectivity index (χ1v) is 4.09. The van der Waals surface area contributed by atoms with Crippen LogP contribution in [-0.2, 0) is 0 Å². The van der Waals surface area contributed by atoms with Gasteiger partial charge in [0.1, 0.15) is 0 Å². The van der Waals surface area contributed by atoms with Crippen molar-refractivity contribution in [2.45, 2.75) is 31.9 Å². The van der Waals surface area contributed by atoms with E-state index in [1.807, 2.05) is 11.8 Å². The summed E-state index contributed by atoms with van der Waals surface area (Å²) in [6, 6.07) is 2.24. The van der Waals surface area contributed by atoms with Gasteiger partial charge in [0.25, 0.3) is 0 Å². The topological polar surface area (TPSA) is 47.3 Å². The number of aliphatic hydroxyl groups excluding tert-OH is 1. The second-order valence-corrected chi connectivity index (χ2v) is 2.99. The Kier molecular flexibility index (Phi) is 2.86. The molecule has 2 atom stereocenters. The molecule has 1 saturated heterocycles. The minimum atomic E-state index is -0.211. The van der Waals surface area contributed by atoms with Crippen LogP contribution in [0.25, 0.3) is 0 Å². The molecule has 1 aliphatic rings. The maximum absolute atomic E-state index is 9.19. The standard InChI is InChI=1S/C8H14N2O/c1-2-7(5-9)10-4-3-8(11)6-10/h7-8,11H,2-4,6H2,1H3/t7?,8-/m1/s1. The van der Waals surface area contributed by atoms with Gasteiger partial charge in [0.15, 0.2) is 0 Å². The van der Waals surface area contributed by atoms with Crippen molar-refractivity contribution in [2.24, 2.45) is 0 Å². The van der Waals surface area contributed by atoms with E-state index in [4.69, 9.17) is 5.26 Å². The highest BCUT2D eigenvalue weighted by Crippen LogP contribution is 2.13. The van der Waals surface area contributed by atoms with Crippen LogP contribution >= 0.6 is 0 Å². The van der Waals surface area contributed by atoms with Gasteiger partial charge in [-0.3, -0.25) is 4.90 Å². The first kappa shape index (κ1) is 8.51. The molecular weight excluding hydrogens is 140 g/mol. The van der Waals surface area contributed by atoms with Crippen LogP contribution in [0.3, 0.4) is 0 Å². The predicted octanol–water partition coefficient (Wildman–Crippen LogP) is 0.355. The first-order chi connectivity index (χ1) is 5.27. The number of β-amino-alcohol motifs (C(OH)–C–C–N with tert-alkyl or cyclic N) is 1. The fourth-order valence-electron chi connectivity index (χ4n) is 1.48. The third-order valence-corrected chi connectivity index (χ3v) is 2.17.